The van der Waals surface area contributed by atoms with Crippen LogP contribution >= 0.6 is 11.6 Å². The first-order chi connectivity index (χ1) is 9.46. The van der Waals surface area contributed by atoms with Gasteiger partial charge in [-0.05, 0) is 37.0 Å². The number of rotatable bonds is 2. The highest BCUT2D eigenvalue weighted by atomic mass is 35.5. The van der Waals surface area contributed by atoms with Crippen molar-refractivity contribution in [3.05, 3.63) is 34.6 Å². The second-order valence-corrected chi connectivity index (χ2v) is 5.48. The molecular formula is C14H14ClFN2O2. The second kappa shape index (κ2) is 5.68. The average molecular weight is 297 g/mol. The minimum atomic E-state index is -0.962. The first-order valence-corrected chi connectivity index (χ1v) is 6.67. The zero-order chi connectivity index (χ0) is 14.8. The van der Waals surface area contributed by atoms with Crippen LogP contribution in [0.25, 0.3) is 0 Å². The third-order valence-electron chi connectivity index (χ3n) is 3.77. The molecule has 1 N–H and O–H groups in total. The van der Waals surface area contributed by atoms with Gasteiger partial charge in [0, 0.05) is 18.1 Å². The van der Waals surface area contributed by atoms with Gasteiger partial charge >= 0.3 is 6.09 Å². The van der Waals surface area contributed by atoms with Crippen molar-refractivity contribution >= 4 is 17.7 Å². The quantitative estimate of drug-likeness (QED) is 0.910. The van der Waals surface area contributed by atoms with Crippen LogP contribution in [-0.4, -0.2) is 29.2 Å². The molecule has 1 amide bonds. The molecule has 106 valence electrons. The summed E-state index contributed by atoms with van der Waals surface area (Å²) in [6.45, 7) is 0.670. The molecule has 2 rings (SSSR count). The number of amides is 1. The van der Waals surface area contributed by atoms with Gasteiger partial charge in [-0.1, -0.05) is 17.7 Å². The molecule has 0 saturated carbocycles. The Morgan fingerprint density at radius 2 is 2.15 bits per heavy atom. The van der Waals surface area contributed by atoms with Crippen molar-refractivity contribution in [1.82, 2.24) is 4.90 Å². The fraction of sp³-hybridized carbons (Fsp3) is 0.429. The summed E-state index contributed by atoms with van der Waals surface area (Å²) in [5, 5.41) is 18.7. The Kier molecular flexibility index (Phi) is 4.15. The maximum Gasteiger partial charge on any atom is 0.407 e. The minimum Gasteiger partial charge on any atom is -0.465 e. The molecule has 0 aromatic heterocycles. The van der Waals surface area contributed by atoms with Crippen LogP contribution in [0.5, 0.6) is 0 Å². The fourth-order valence-corrected chi connectivity index (χ4v) is 2.72. The normalized spacial score (nSPS) is 17.6. The lowest BCUT2D eigenvalue weighted by Gasteiger charge is -2.36. The smallest absolute Gasteiger partial charge is 0.407 e. The maximum absolute atomic E-state index is 13.0. The van der Waals surface area contributed by atoms with Crippen molar-refractivity contribution in [1.29, 1.82) is 5.26 Å². The monoisotopic (exact) mass is 296 g/mol. The van der Waals surface area contributed by atoms with E-state index < -0.39 is 17.3 Å². The standard InChI is InChI=1S/C14H14ClFN2O2/c15-12-7-11(16)2-1-10(12)8-14(9-17)3-5-18(6-4-14)13(19)20/h1-2,7H,3-6,8H2,(H,19,20). The van der Waals surface area contributed by atoms with E-state index in [1.165, 1.54) is 17.0 Å². The third kappa shape index (κ3) is 3.02. The third-order valence-corrected chi connectivity index (χ3v) is 4.12. The molecule has 6 heteroatoms. The lowest BCUT2D eigenvalue weighted by molar-refractivity contribution is 0.110. The largest absolute Gasteiger partial charge is 0.465 e. The van der Waals surface area contributed by atoms with Crippen LogP contribution in [0, 0.1) is 22.6 Å². The van der Waals surface area contributed by atoms with Gasteiger partial charge in [-0.3, -0.25) is 0 Å². The number of nitrogens with zero attached hydrogens (tertiary/aromatic N) is 2. The van der Waals surface area contributed by atoms with E-state index in [9.17, 15) is 14.4 Å². The summed E-state index contributed by atoms with van der Waals surface area (Å²) in [4.78, 5) is 12.2. The molecule has 0 spiro atoms. The molecule has 1 saturated heterocycles. The second-order valence-electron chi connectivity index (χ2n) is 5.07. The number of benzene rings is 1. The number of hydrogen-bond acceptors (Lipinski definition) is 2. The number of carboxylic acid groups (broad SMARTS) is 1. The summed E-state index contributed by atoms with van der Waals surface area (Å²) < 4.78 is 13.0. The summed E-state index contributed by atoms with van der Waals surface area (Å²) in [6.07, 6.45) is 0.375. The van der Waals surface area contributed by atoms with Gasteiger partial charge in [0.05, 0.1) is 11.5 Å². The van der Waals surface area contributed by atoms with E-state index in [2.05, 4.69) is 6.07 Å². The molecule has 1 aromatic carbocycles. The van der Waals surface area contributed by atoms with Crippen molar-refractivity contribution in [2.45, 2.75) is 19.3 Å². The average Bonchev–Trinajstić information content (AvgIpc) is 2.42. The number of piperidine rings is 1. The van der Waals surface area contributed by atoms with E-state index in [0.717, 1.165) is 5.56 Å². The van der Waals surface area contributed by atoms with E-state index >= 15 is 0 Å². The predicted molar refractivity (Wildman–Crippen MR) is 72.0 cm³/mol. The van der Waals surface area contributed by atoms with Crippen molar-refractivity contribution in [2.24, 2.45) is 5.41 Å². The number of halogens is 2. The first kappa shape index (κ1) is 14.6. The van der Waals surface area contributed by atoms with Crippen molar-refractivity contribution in [2.75, 3.05) is 13.1 Å². The highest BCUT2D eigenvalue weighted by Crippen LogP contribution is 2.36. The van der Waals surface area contributed by atoms with Gasteiger partial charge in [0.15, 0.2) is 0 Å². The Labute approximate surface area is 121 Å². The van der Waals surface area contributed by atoms with Crippen LogP contribution in [0.2, 0.25) is 5.02 Å². The molecule has 0 aliphatic carbocycles. The molecule has 0 radical (unpaired) electrons. The fourth-order valence-electron chi connectivity index (χ4n) is 2.48. The Morgan fingerprint density at radius 3 is 2.65 bits per heavy atom. The van der Waals surface area contributed by atoms with Gasteiger partial charge in [0.1, 0.15) is 5.82 Å². The molecule has 0 atom stereocenters. The molecule has 0 bridgehead atoms. The van der Waals surface area contributed by atoms with E-state index in [0.29, 0.717) is 37.4 Å². The van der Waals surface area contributed by atoms with Crippen molar-refractivity contribution < 1.29 is 14.3 Å². The Morgan fingerprint density at radius 1 is 1.50 bits per heavy atom. The summed E-state index contributed by atoms with van der Waals surface area (Å²) >= 11 is 5.99. The van der Waals surface area contributed by atoms with Gasteiger partial charge in [-0.25, -0.2) is 9.18 Å². The minimum absolute atomic E-state index is 0.306. The number of likely N-dealkylation sites (tertiary alicyclic amines) is 1. The lowest BCUT2D eigenvalue weighted by atomic mass is 9.75. The molecule has 1 aromatic rings. The molecule has 1 aliphatic rings. The van der Waals surface area contributed by atoms with Crippen molar-refractivity contribution in [3.63, 3.8) is 0 Å². The summed E-state index contributed by atoms with van der Waals surface area (Å²) in [5.74, 6) is -0.412. The van der Waals surface area contributed by atoms with Gasteiger partial charge in [-0.15, -0.1) is 0 Å². The zero-order valence-corrected chi connectivity index (χ0v) is 11.5. The van der Waals surface area contributed by atoms with E-state index in [1.54, 1.807) is 6.07 Å². The van der Waals surface area contributed by atoms with Crippen LogP contribution in [0.1, 0.15) is 18.4 Å². The Hall–Kier alpha value is -1.80. The topological polar surface area (TPSA) is 64.3 Å². The number of hydrogen-bond donors (Lipinski definition) is 1. The first-order valence-electron chi connectivity index (χ1n) is 6.29. The summed E-state index contributed by atoms with van der Waals surface area (Å²) in [6, 6.07) is 6.43. The molecule has 1 aliphatic heterocycles. The number of nitriles is 1. The van der Waals surface area contributed by atoms with Crippen LogP contribution in [0.4, 0.5) is 9.18 Å². The summed E-state index contributed by atoms with van der Waals surface area (Å²) in [5.41, 5.74) is 0.0892. The Balaban J connectivity index is 2.14. The molecule has 1 heterocycles. The highest BCUT2D eigenvalue weighted by molar-refractivity contribution is 6.31. The van der Waals surface area contributed by atoms with Gasteiger partial charge in [-0.2, -0.15) is 5.26 Å². The predicted octanol–water partition coefficient (Wildman–Crippen LogP) is 3.31. The maximum atomic E-state index is 13.0. The number of carbonyl (C=O) groups is 1. The lowest BCUT2D eigenvalue weighted by Crippen LogP contribution is -2.43. The van der Waals surface area contributed by atoms with Gasteiger partial charge in [0.2, 0.25) is 0 Å². The van der Waals surface area contributed by atoms with E-state index in [-0.39, 0.29) is 0 Å². The molecule has 1 fully saturated rings. The van der Waals surface area contributed by atoms with Crippen LogP contribution in [-0.2, 0) is 6.42 Å². The Bertz CT molecular complexity index is 563. The molecule has 0 unspecified atom stereocenters. The van der Waals surface area contributed by atoms with E-state index in [4.69, 9.17) is 16.7 Å². The molecule has 20 heavy (non-hydrogen) atoms. The highest BCUT2D eigenvalue weighted by Gasteiger charge is 2.36. The molecule has 4 nitrogen and oxygen atoms in total. The zero-order valence-electron chi connectivity index (χ0n) is 10.8. The SMILES string of the molecule is N#CC1(Cc2ccc(F)cc2Cl)CCN(C(=O)O)CC1. The molecular weight excluding hydrogens is 283 g/mol. The van der Waals surface area contributed by atoms with Gasteiger partial charge in [0.25, 0.3) is 0 Å². The van der Waals surface area contributed by atoms with Crippen molar-refractivity contribution in [3.8, 4) is 6.07 Å². The van der Waals surface area contributed by atoms with E-state index in [1.807, 2.05) is 0 Å². The van der Waals surface area contributed by atoms with Crippen LogP contribution < -0.4 is 0 Å². The van der Waals surface area contributed by atoms with Gasteiger partial charge < -0.3 is 10.0 Å². The summed E-state index contributed by atoms with van der Waals surface area (Å²) in [7, 11) is 0. The van der Waals surface area contributed by atoms with Crippen LogP contribution in [0.15, 0.2) is 18.2 Å². The van der Waals surface area contributed by atoms with Crippen LogP contribution in [0.3, 0.4) is 0 Å².